The quantitative estimate of drug-likeness (QED) is 0.888. The van der Waals surface area contributed by atoms with Crippen molar-refractivity contribution in [3.05, 3.63) is 57.2 Å². The van der Waals surface area contributed by atoms with Crippen molar-refractivity contribution >= 4 is 29.0 Å². The second-order valence-electron chi connectivity index (χ2n) is 4.00. The molecule has 3 N–H and O–H groups in total. The number of nitrogens with two attached hydrogens (primary N) is 1. The van der Waals surface area contributed by atoms with Gasteiger partial charge < -0.3 is 10.8 Å². The second-order valence-corrected chi connectivity index (χ2v) is 4.84. The van der Waals surface area contributed by atoms with Crippen molar-refractivity contribution in [3.8, 4) is 0 Å². The van der Waals surface area contributed by atoms with Crippen LogP contribution < -0.4 is 5.73 Å². The zero-order valence-corrected chi connectivity index (χ0v) is 11.2. The lowest BCUT2D eigenvalue weighted by atomic mass is 9.98. The average Bonchev–Trinajstić information content (AvgIpc) is 2.28. The lowest BCUT2D eigenvalue weighted by Crippen LogP contribution is -2.08. The molecule has 18 heavy (non-hydrogen) atoms. The van der Waals surface area contributed by atoms with Crippen molar-refractivity contribution in [1.29, 1.82) is 0 Å². The lowest BCUT2D eigenvalue weighted by Gasteiger charge is -2.17. The molecule has 2 rings (SSSR count). The zero-order valence-electron chi connectivity index (χ0n) is 9.69. The van der Waals surface area contributed by atoms with Crippen LogP contribution in [-0.4, -0.2) is 10.1 Å². The monoisotopic (exact) mass is 282 g/mol. The van der Waals surface area contributed by atoms with E-state index in [-0.39, 0.29) is 0 Å². The Morgan fingerprint density at radius 3 is 2.61 bits per heavy atom. The fourth-order valence-corrected chi connectivity index (χ4v) is 2.34. The van der Waals surface area contributed by atoms with Crippen molar-refractivity contribution in [2.24, 2.45) is 0 Å². The summed E-state index contributed by atoms with van der Waals surface area (Å²) in [6.45, 7) is 1.86. The van der Waals surface area contributed by atoms with Gasteiger partial charge in [-0.05, 0) is 30.7 Å². The summed E-state index contributed by atoms with van der Waals surface area (Å²) in [5, 5.41) is 11.3. The maximum absolute atomic E-state index is 10.4. The van der Waals surface area contributed by atoms with E-state index in [1.165, 1.54) is 0 Å². The van der Waals surface area contributed by atoms with Gasteiger partial charge in [-0.3, -0.25) is 0 Å². The number of nitrogens with zero attached hydrogens (tertiary/aromatic N) is 1. The second kappa shape index (κ2) is 5.14. The topological polar surface area (TPSA) is 59.1 Å². The van der Waals surface area contributed by atoms with Crippen LogP contribution in [0.25, 0.3) is 0 Å². The van der Waals surface area contributed by atoms with Crippen molar-refractivity contribution in [3.63, 3.8) is 0 Å². The summed E-state index contributed by atoms with van der Waals surface area (Å²) in [5.74, 6) is 0.300. The van der Waals surface area contributed by atoms with Gasteiger partial charge in [-0.15, -0.1) is 0 Å². The van der Waals surface area contributed by atoms with Crippen LogP contribution in [-0.2, 0) is 0 Å². The number of aryl methyl sites for hydroxylation is 1. The number of hydrogen-bond donors (Lipinski definition) is 2. The van der Waals surface area contributed by atoms with Gasteiger partial charge in [0.15, 0.2) is 0 Å². The minimum absolute atomic E-state index is 0.300. The Bertz CT molecular complexity index is 567. The highest BCUT2D eigenvalue weighted by Crippen LogP contribution is 2.33. The zero-order chi connectivity index (χ0) is 13.3. The standard InChI is InChI=1S/C13H12Cl2N2O/c1-7-4-5-17-13(16)11(7)12(18)9-3-2-8(14)6-10(9)15/h2-6,12,18H,1H3,(H2,16,17). The number of benzene rings is 1. The third-order valence-corrected chi connectivity index (χ3v) is 3.33. The molecule has 1 atom stereocenters. The first-order chi connectivity index (χ1) is 8.50. The van der Waals surface area contributed by atoms with Crippen molar-refractivity contribution in [1.82, 2.24) is 4.98 Å². The normalized spacial score (nSPS) is 12.4. The molecule has 0 spiro atoms. The van der Waals surface area contributed by atoms with E-state index in [0.29, 0.717) is 27.0 Å². The van der Waals surface area contributed by atoms with Crippen LogP contribution in [0.2, 0.25) is 10.0 Å². The molecule has 1 unspecified atom stereocenters. The number of anilines is 1. The van der Waals surface area contributed by atoms with Gasteiger partial charge in [-0.2, -0.15) is 0 Å². The highest BCUT2D eigenvalue weighted by Gasteiger charge is 2.19. The van der Waals surface area contributed by atoms with Gasteiger partial charge in [0.05, 0.1) is 0 Å². The fraction of sp³-hybridized carbons (Fsp3) is 0.154. The molecule has 0 aliphatic carbocycles. The van der Waals surface area contributed by atoms with Crippen LogP contribution in [0.4, 0.5) is 5.82 Å². The van der Waals surface area contributed by atoms with Gasteiger partial charge in [-0.25, -0.2) is 4.98 Å². The first-order valence-electron chi connectivity index (χ1n) is 5.34. The summed E-state index contributed by atoms with van der Waals surface area (Å²) >= 11 is 11.9. The summed E-state index contributed by atoms with van der Waals surface area (Å²) in [5.41, 5.74) is 7.79. The van der Waals surface area contributed by atoms with E-state index in [2.05, 4.69) is 4.98 Å². The third-order valence-electron chi connectivity index (χ3n) is 2.77. The minimum atomic E-state index is -0.913. The number of hydrogen-bond acceptors (Lipinski definition) is 3. The number of aliphatic hydroxyl groups excluding tert-OH is 1. The van der Waals surface area contributed by atoms with Gasteiger partial charge in [0.2, 0.25) is 0 Å². The Morgan fingerprint density at radius 2 is 2.00 bits per heavy atom. The van der Waals surface area contributed by atoms with E-state index in [9.17, 15) is 5.11 Å². The Morgan fingerprint density at radius 1 is 1.28 bits per heavy atom. The predicted molar refractivity (Wildman–Crippen MR) is 73.9 cm³/mol. The lowest BCUT2D eigenvalue weighted by molar-refractivity contribution is 0.220. The van der Waals surface area contributed by atoms with E-state index in [0.717, 1.165) is 5.56 Å². The number of pyridine rings is 1. The fourth-order valence-electron chi connectivity index (χ4n) is 1.83. The number of nitrogen functional groups attached to an aromatic ring is 1. The maximum Gasteiger partial charge on any atom is 0.129 e. The molecule has 0 saturated heterocycles. The van der Waals surface area contributed by atoms with Crippen LogP contribution in [0.3, 0.4) is 0 Å². The Hall–Kier alpha value is -1.29. The van der Waals surface area contributed by atoms with Crippen LogP contribution in [0, 0.1) is 6.92 Å². The van der Waals surface area contributed by atoms with Crippen LogP contribution in [0.1, 0.15) is 22.8 Å². The molecule has 94 valence electrons. The van der Waals surface area contributed by atoms with E-state index < -0.39 is 6.10 Å². The van der Waals surface area contributed by atoms with E-state index in [1.807, 2.05) is 6.92 Å². The maximum atomic E-state index is 10.4. The molecule has 1 aromatic heterocycles. The average molecular weight is 283 g/mol. The predicted octanol–water partition coefficient (Wildman–Crippen LogP) is 3.36. The molecule has 1 aromatic carbocycles. The Balaban J connectivity index is 2.51. The summed E-state index contributed by atoms with van der Waals surface area (Å²) in [6.07, 6.45) is 0.688. The number of aromatic nitrogens is 1. The van der Waals surface area contributed by atoms with Crippen molar-refractivity contribution in [2.45, 2.75) is 13.0 Å². The molecule has 0 saturated carbocycles. The molecule has 1 heterocycles. The molecular weight excluding hydrogens is 271 g/mol. The Labute approximate surface area is 115 Å². The molecule has 3 nitrogen and oxygen atoms in total. The SMILES string of the molecule is Cc1ccnc(N)c1C(O)c1ccc(Cl)cc1Cl. The number of aliphatic hydroxyl groups is 1. The molecule has 0 amide bonds. The summed E-state index contributed by atoms with van der Waals surface area (Å²) < 4.78 is 0. The van der Waals surface area contributed by atoms with Crippen molar-refractivity contribution < 1.29 is 5.11 Å². The van der Waals surface area contributed by atoms with Gasteiger partial charge in [0.1, 0.15) is 11.9 Å². The molecule has 2 aromatic rings. The minimum Gasteiger partial charge on any atom is -0.383 e. The molecular formula is C13H12Cl2N2O. The van der Waals surface area contributed by atoms with Crippen LogP contribution in [0.15, 0.2) is 30.5 Å². The van der Waals surface area contributed by atoms with E-state index >= 15 is 0 Å². The first-order valence-corrected chi connectivity index (χ1v) is 6.10. The molecule has 5 heteroatoms. The molecule has 0 fully saturated rings. The van der Waals surface area contributed by atoms with Crippen molar-refractivity contribution in [2.75, 3.05) is 5.73 Å². The highest BCUT2D eigenvalue weighted by atomic mass is 35.5. The van der Waals surface area contributed by atoms with Crippen LogP contribution >= 0.6 is 23.2 Å². The summed E-state index contributed by atoms with van der Waals surface area (Å²) in [7, 11) is 0. The summed E-state index contributed by atoms with van der Waals surface area (Å²) in [4.78, 5) is 3.98. The molecule has 0 aliphatic rings. The van der Waals surface area contributed by atoms with Gasteiger partial charge in [-0.1, -0.05) is 29.3 Å². The van der Waals surface area contributed by atoms with Gasteiger partial charge >= 0.3 is 0 Å². The van der Waals surface area contributed by atoms with E-state index in [4.69, 9.17) is 28.9 Å². The molecule has 0 bridgehead atoms. The number of rotatable bonds is 2. The van der Waals surface area contributed by atoms with Gasteiger partial charge in [0.25, 0.3) is 0 Å². The largest absolute Gasteiger partial charge is 0.383 e. The van der Waals surface area contributed by atoms with Crippen LogP contribution in [0.5, 0.6) is 0 Å². The first kappa shape index (κ1) is 13.1. The van der Waals surface area contributed by atoms with E-state index in [1.54, 1.807) is 30.5 Å². The number of halogens is 2. The molecule has 0 aliphatic heterocycles. The Kier molecular flexibility index (Phi) is 3.76. The smallest absolute Gasteiger partial charge is 0.129 e. The highest BCUT2D eigenvalue weighted by molar-refractivity contribution is 6.35. The summed E-state index contributed by atoms with van der Waals surface area (Å²) in [6, 6.07) is 6.73. The van der Waals surface area contributed by atoms with Gasteiger partial charge in [0, 0.05) is 27.4 Å². The molecule has 0 radical (unpaired) electrons. The third kappa shape index (κ3) is 2.43.